The zero-order valence-electron chi connectivity index (χ0n) is 21.4. The number of imidazole rings is 1. The SMILES string of the molecule is C.CC(=O)c1nc(-c2ccc(C[C@@H](CCC(N)=O)NC(=O)c3ccc(OC(C)C)c(C#N)c3)cc2)cn1C. The Morgan fingerprint density at radius 3 is 2.39 bits per heavy atom. The number of primary amides is 1. The topological polar surface area (TPSA) is 140 Å². The quantitative estimate of drug-likeness (QED) is 0.366. The van der Waals surface area contributed by atoms with Crippen molar-refractivity contribution in [2.24, 2.45) is 12.8 Å². The van der Waals surface area contributed by atoms with Gasteiger partial charge in [0.1, 0.15) is 11.8 Å². The van der Waals surface area contributed by atoms with E-state index >= 15 is 0 Å². The van der Waals surface area contributed by atoms with Crippen molar-refractivity contribution in [3.05, 3.63) is 71.2 Å². The molecule has 0 bridgehead atoms. The van der Waals surface area contributed by atoms with E-state index in [1.165, 1.54) is 13.0 Å². The molecule has 0 radical (unpaired) electrons. The number of nitrogens with zero attached hydrogens (tertiary/aromatic N) is 3. The Morgan fingerprint density at radius 1 is 1.16 bits per heavy atom. The Morgan fingerprint density at radius 2 is 1.84 bits per heavy atom. The number of benzene rings is 2. The third-order valence-electron chi connectivity index (χ3n) is 5.72. The first kappa shape index (κ1) is 29.8. The second kappa shape index (κ2) is 13.2. The second-order valence-electron chi connectivity index (χ2n) is 9.18. The summed E-state index contributed by atoms with van der Waals surface area (Å²) in [7, 11) is 1.78. The normalized spacial score (nSPS) is 11.3. The van der Waals surface area contributed by atoms with Crippen molar-refractivity contribution >= 4 is 17.6 Å². The fourth-order valence-electron chi connectivity index (χ4n) is 3.95. The first-order chi connectivity index (χ1) is 17.6. The van der Waals surface area contributed by atoms with Crippen LogP contribution in [0.3, 0.4) is 0 Å². The smallest absolute Gasteiger partial charge is 0.251 e. The molecule has 0 aliphatic rings. The zero-order chi connectivity index (χ0) is 27.1. The number of Topliss-reactive ketones (excluding diaryl/α,β-unsaturated/α-hetero) is 1. The molecular formula is C29H35N5O4. The molecular weight excluding hydrogens is 482 g/mol. The predicted octanol–water partition coefficient (Wildman–Crippen LogP) is 4.19. The minimum absolute atomic E-state index is 0. The van der Waals surface area contributed by atoms with Gasteiger partial charge in [-0.05, 0) is 50.5 Å². The average molecular weight is 518 g/mol. The molecule has 0 saturated carbocycles. The molecule has 3 rings (SSSR count). The van der Waals surface area contributed by atoms with Crippen LogP contribution in [-0.4, -0.2) is 39.3 Å². The van der Waals surface area contributed by atoms with Gasteiger partial charge in [-0.1, -0.05) is 31.7 Å². The van der Waals surface area contributed by atoms with Crippen molar-refractivity contribution in [2.45, 2.75) is 59.6 Å². The Kier molecular flexibility index (Phi) is 10.3. The number of nitrogens with two attached hydrogens (primary N) is 1. The summed E-state index contributed by atoms with van der Waals surface area (Å²) in [5, 5.41) is 12.4. The van der Waals surface area contributed by atoms with E-state index in [2.05, 4.69) is 16.4 Å². The molecule has 1 aromatic heterocycles. The van der Waals surface area contributed by atoms with Crippen LogP contribution in [-0.2, 0) is 18.3 Å². The number of hydrogen-bond donors (Lipinski definition) is 2. The summed E-state index contributed by atoms with van der Waals surface area (Å²) in [5.41, 5.74) is 8.44. The summed E-state index contributed by atoms with van der Waals surface area (Å²) in [4.78, 5) is 40.5. The Labute approximate surface area is 223 Å². The lowest BCUT2D eigenvalue weighted by Gasteiger charge is -2.19. The van der Waals surface area contributed by atoms with Crippen LogP contribution in [0, 0.1) is 11.3 Å². The number of carbonyl (C=O) groups is 3. The molecule has 2 aromatic carbocycles. The van der Waals surface area contributed by atoms with Crippen molar-refractivity contribution in [1.29, 1.82) is 5.26 Å². The van der Waals surface area contributed by atoms with E-state index in [9.17, 15) is 19.6 Å². The Hall–Kier alpha value is -4.45. The van der Waals surface area contributed by atoms with Gasteiger partial charge in [0.2, 0.25) is 5.91 Å². The molecule has 0 unspecified atom stereocenters. The first-order valence-corrected chi connectivity index (χ1v) is 12.0. The number of nitrogens with one attached hydrogen (secondary N) is 1. The highest BCUT2D eigenvalue weighted by Gasteiger charge is 2.18. The van der Waals surface area contributed by atoms with E-state index in [1.807, 2.05) is 38.1 Å². The summed E-state index contributed by atoms with van der Waals surface area (Å²) < 4.78 is 7.32. The third-order valence-corrected chi connectivity index (χ3v) is 5.72. The number of ether oxygens (including phenoxy) is 1. The molecule has 0 saturated heterocycles. The highest BCUT2D eigenvalue weighted by molar-refractivity contribution is 5.95. The van der Waals surface area contributed by atoms with Gasteiger partial charge in [-0.3, -0.25) is 14.4 Å². The van der Waals surface area contributed by atoms with Gasteiger partial charge >= 0.3 is 0 Å². The van der Waals surface area contributed by atoms with Gasteiger partial charge < -0.3 is 20.4 Å². The van der Waals surface area contributed by atoms with Crippen LogP contribution in [0.5, 0.6) is 5.75 Å². The Balaban J connectivity index is 0.00000507. The number of carbonyl (C=O) groups excluding carboxylic acids is 3. The average Bonchev–Trinajstić information content (AvgIpc) is 3.24. The van der Waals surface area contributed by atoms with Crippen LogP contribution in [0.2, 0.25) is 0 Å². The molecule has 0 aliphatic carbocycles. The Bertz CT molecular complexity index is 1340. The molecule has 3 N–H and O–H groups in total. The van der Waals surface area contributed by atoms with E-state index in [4.69, 9.17) is 10.5 Å². The fourth-order valence-corrected chi connectivity index (χ4v) is 3.95. The van der Waals surface area contributed by atoms with Crippen LogP contribution < -0.4 is 15.8 Å². The second-order valence-corrected chi connectivity index (χ2v) is 9.18. The largest absolute Gasteiger partial charge is 0.490 e. The zero-order valence-corrected chi connectivity index (χ0v) is 21.4. The third kappa shape index (κ3) is 7.77. The summed E-state index contributed by atoms with van der Waals surface area (Å²) in [6.07, 6.45) is 2.65. The minimum atomic E-state index is -0.451. The molecule has 0 fully saturated rings. The van der Waals surface area contributed by atoms with Crippen molar-refractivity contribution in [3.63, 3.8) is 0 Å². The first-order valence-electron chi connectivity index (χ1n) is 12.0. The molecule has 0 aliphatic heterocycles. The van der Waals surface area contributed by atoms with Gasteiger partial charge in [-0.2, -0.15) is 5.26 Å². The van der Waals surface area contributed by atoms with E-state index in [-0.39, 0.29) is 43.2 Å². The lowest BCUT2D eigenvalue weighted by Crippen LogP contribution is -2.37. The van der Waals surface area contributed by atoms with Crippen LogP contribution in [0.1, 0.15) is 73.1 Å². The fraction of sp³-hybridized carbons (Fsp3) is 0.345. The lowest BCUT2D eigenvalue weighted by atomic mass is 9.99. The molecule has 1 atom stereocenters. The predicted molar refractivity (Wildman–Crippen MR) is 146 cm³/mol. The highest BCUT2D eigenvalue weighted by atomic mass is 16.5. The number of nitriles is 1. The number of hydrogen-bond acceptors (Lipinski definition) is 6. The molecule has 200 valence electrons. The van der Waals surface area contributed by atoms with Crippen LogP contribution in [0.4, 0.5) is 0 Å². The van der Waals surface area contributed by atoms with Crippen molar-refractivity contribution in [1.82, 2.24) is 14.9 Å². The van der Waals surface area contributed by atoms with E-state index in [1.54, 1.807) is 29.9 Å². The van der Waals surface area contributed by atoms with Gasteiger partial charge in [-0.15, -0.1) is 0 Å². The van der Waals surface area contributed by atoms with Crippen LogP contribution in [0.15, 0.2) is 48.7 Å². The number of ketones is 1. The number of amides is 2. The summed E-state index contributed by atoms with van der Waals surface area (Å²) in [5.74, 6) is -0.112. The van der Waals surface area contributed by atoms with Crippen molar-refractivity contribution in [2.75, 3.05) is 0 Å². The standard InChI is InChI=1S/C28H31N5O4.CH4/c1-17(2)37-25-11-9-21(14-22(25)15-29)28(36)31-23(10-12-26(30)35)13-19-5-7-20(8-6-19)24-16-33(4)27(32-24)18(3)34;/h5-9,11,14,16-17,23H,10,12-13H2,1-4H3,(H2,30,35)(H,31,36);1H4/t23-;/m1./s1. The molecule has 38 heavy (non-hydrogen) atoms. The summed E-state index contributed by atoms with van der Waals surface area (Å²) >= 11 is 0. The minimum Gasteiger partial charge on any atom is -0.490 e. The van der Waals surface area contributed by atoms with Crippen molar-refractivity contribution in [3.8, 4) is 23.1 Å². The molecule has 9 nitrogen and oxygen atoms in total. The van der Waals surface area contributed by atoms with Crippen LogP contribution >= 0.6 is 0 Å². The van der Waals surface area contributed by atoms with Crippen LogP contribution in [0.25, 0.3) is 11.3 Å². The molecule has 9 heteroatoms. The van der Waals surface area contributed by atoms with E-state index in [0.29, 0.717) is 35.7 Å². The number of rotatable bonds is 11. The van der Waals surface area contributed by atoms with Gasteiger partial charge in [-0.25, -0.2) is 4.98 Å². The van der Waals surface area contributed by atoms with Crippen molar-refractivity contribution < 1.29 is 19.1 Å². The molecule has 3 aromatic rings. The maximum atomic E-state index is 13.0. The molecule has 1 heterocycles. The monoisotopic (exact) mass is 517 g/mol. The van der Waals surface area contributed by atoms with E-state index in [0.717, 1.165) is 11.1 Å². The van der Waals surface area contributed by atoms with Gasteiger partial charge in [0, 0.05) is 43.8 Å². The van der Waals surface area contributed by atoms with Gasteiger partial charge in [0.15, 0.2) is 11.6 Å². The molecule has 0 spiro atoms. The van der Waals surface area contributed by atoms with Gasteiger partial charge in [0.05, 0.1) is 17.4 Å². The lowest BCUT2D eigenvalue weighted by molar-refractivity contribution is -0.118. The number of aryl methyl sites for hydroxylation is 1. The van der Waals surface area contributed by atoms with E-state index < -0.39 is 5.91 Å². The molecule has 2 amide bonds. The summed E-state index contributed by atoms with van der Waals surface area (Å²) in [6, 6.07) is 14.1. The number of aromatic nitrogens is 2. The highest BCUT2D eigenvalue weighted by Crippen LogP contribution is 2.22. The maximum absolute atomic E-state index is 13.0. The summed E-state index contributed by atoms with van der Waals surface area (Å²) in [6.45, 7) is 5.19. The van der Waals surface area contributed by atoms with Gasteiger partial charge in [0.25, 0.3) is 5.91 Å². The maximum Gasteiger partial charge on any atom is 0.251 e.